The van der Waals surface area contributed by atoms with Gasteiger partial charge in [0.1, 0.15) is 11.2 Å². The maximum Gasteiger partial charge on any atom is 0.410 e. The van der Waals surface area contributed by atoms with E-state index in [1.54, 1.807) is 16.9 Å². The fourth-order valence-corrected chi connectivity index (χ4v) is 9.49. The number of aliphatic hydroxyl groups is 1. The van der Waals surface area contributed by atoms with Crippen molar-refractivity contribution in [2.24, 2.45) is 10.8 Å². The van der Waals surface area contributed by atoms with Gasteiger partial charge in [0.15, 0.2) is 0 Å². The summed E-state index contributed by atoms with van der Waals surface area (Å²) in [5.41, 5.74) is -1.04. The van der Waals surface area contributed by atoms with Gasteiger partial charge >= 0.3 is 12.2 Å². The van der Waals surface area contributed by atoms with E-state index in [0.717, 1.165) is 38.5 Å². The number of rotatable bonds is 5. The zero-order valence-corrected chi connectivity index (χ0v) is 35.4. The maximum absolute atomic E-state index is 12.6. The molecule has 3 N–H and O–H groups in total. The van der Waals surface area contributed by atoms with E-state index in [-0.39, 0.29) is 56.8 Å². The molecule has 51 heavy (non-hydrogen) atoms. The van der Waals surface area contributed by atoms with Crippen LogP contribution in [0.25, 0.3) is 0 Å². The molecule has 0 aromatic carbocycles. The molecule has 0 radical (unpaired) electrons. The SMILES string of the molecule is CC(C)(C)OC(=O)N1CCC2(CC1)C[C@H](O)C[C@H]2N[S@](=O)C(C)(C)C.CO[C@@H]1C[C@@H](N[S@](=O)C(C)(C)C)C2(CCN(C(=O)OC(C)(C)C)CC2)C1. The Hall–Kier alpha value is -1.32. The van der Waals surface area contributed by atoms with Gasteiger partial charge in [0.05, 0.1) is 43.7 Å². The van der Waals surface area contributed by atoms with Gasteiger partial charge < -0.3 is 29.1 Å². The summed E-state index contributed by atoms with van der Waals surface area (Å²) in [5, 5.41) is 10.2. The van der Waals surface area contributed by atoms with Gasteiger partial charge in [-0.25, -0.2) is 27.5 Å². The minimum atomic E-state index is -1.17. The van der Waals surface area contributed by atoms with Gasteiger partial charge in [-0.15, -0.1) is 0 Å². The Balaban J connectivity index is 0.000000276. The van der Waals surface area contributed by atoms with E-state index >= 15 is 0 Å². The van der Waals surface area contributed by atoms with E-state index in [1.807, 2.05) is 83.1 Å². The Labute approximate surface area is 313 Å². The molecule has 0 unspecified atom stereocenters. The maximum atomic E-state index is 12.6. The number of nitrogens with zero attached hydrogens (tertiary/aromatic N) is 2. The van der Waals surface area contributed by atoms with E-state index in [9.17, 15) is 23.1 Å². The summed E-state index contributed by atoms with van der Waals surface area (Å²) < 4.78 is 47.8. The first-order valence-corrected chi connectivity index (χ1v) is 21.0. The number of amides is 2. The first-order valence-electron chi connectivity index (χ1n) is 18.7. The average molecular weight is 763 g/mol. The molecule has 0 aromatic rings. The first kappa shape index (κ1) is 44.1. The number of aliphatic hydroxyl groups excluding tert-OH is 1. The van der Waals surface area contributed by atoms with Crippen molar-refractivity contribution in [2.45, 2.75) is 179 Å². The van der Waals surface area contributed by atoms with Gasteiger partial charge in [-0.2, -0.15) is 0 Å². The van der Waals surface area contributed by atoms with Crippen molar-refractivity contribution in [3.05, 3.63) is 0 Å². The summed E-state index contributed by atoms with van der Waals surface area (Å²) in [4.78, 5) is 28.2. The Morgan fingerprint density at radius 3 is 1.33 bits per heavy atom. The second-order valence-electron chi connectivity index (χ2n) is 19.2. The summed E-state index contributed by atoms with van der Waals surface area (Å²) >= 11 is 0. The summed E-state index contributed by atoms with van der Waals surface area (Å²) in [6.45, 7) is 25.6. The van der Waals surface area contributed by atoms with E-state index in [2.05, 4.69) is 9.44 Å². The molecule has 298 valence electrons. The molecule has 0 aromatic heterocycles. The molecule has 2 amide bonds. The van der Waals surface area contributed by atoms with E-state index in [0.29, 0.717) is 39.0 Å². The Morgan fingerprint density at radius 2 is 1.00 bits per heavy atom. The molecule has 2 heterocycles. The molecule has 2 spiro atoms. The molecule has 14 heteroatoms. The number of hydrogen-bond donors (Lipinski definition) is 3. The smallest absolute Gasteiger partial charge is 0.410 e. The number of nitrogens with one attached hydrogen (secondary N) is 2. The number of hydrogen-bond acceptors (Lipinski definition) is 8. The predicted molar refractivity (Wildman–Crippen MR) is 204 cm³/mol. The molecule has 2 aliphatic heterocycles. The molecule has 12 nitrogen and oxygen atoms in total. The molecular weight excluding hydrogens is 693 g/mol. The molecule has 2 saturated carbocycles. The van der Waals surface area contributed by atoms with Crippen molar-refractivity contribution >= 4 is 34.2 Å². The van der Waals surface area contributed by atoms with Gasteiger partial charge in [0.25, 0.3) is 0 Å². The van der Waals surface area contributed by atoms with Crippen molar-refractivity contribution in [2.75, 3.05) is 33.3 Å². The molecule has 2 saturated heterocycles. The highest BCUT2D eigenvalue weighted by molar-refractivity contribution is 7.84. The first-order chi connectivity index (χ1) is 23.2. The fourth-order valence-electron chi connectivity index (χ4n) is 7.57. The third-order valence-electron chi connectivity index (χ3n) is 10.5. The number of methoxy groups -OCH3 is 1. The average Bonchev–Trinajstić information content (AvgIpc) is 3.46. The highest BCUT2D eigenvalue weighted by Gasteiger charge is 2.51. The second kappa shape index (κ2) is 16.6. The lowest BCUT2D eigenvalue weighted by Gasteiger charge is -2.43. The summed E-state index contributed by atoms with van der Waals surface area (Å²) in [6.07, 6.45) is 5.78. The third kappa shape index (κ3) is 12.3. The molecular formula is C37H70N4O8S2. The van der Waals surface area contributed by atoms with Gasteiger partial charge in [-0.3, -0.25) is 0 Å². The highest BCUT2D eigenvalue weighted by Crippen LogP contribution is 2.49. The van der Waals surface area contributed by atoms with Crippen LogP contribution in [0.4, 0.5) is 9.59 Å². The van der Waals surface area contributed by atoms with Crippen LogP contribution >= 0.6 is 0 Å². The predicted octanol–water partition coefficient (Wildman–Crippen LogP) is 5.81. The van der Waals surface area contributed by atoms with E-state index in [1.165, 1.54) is 0 Å². The minimum Gasteiger partial charge on any atom is -0.444 e. The minimum absolute atomic E-state index is 0.0170. The van der Waals surface area contributed by atoms with Crippen molar-refractivity contribution in [3.63, 3.8) is 0 Å². The monoisotopic (exact) mass is 762 g/mol. The van der Waals surface area contributed by atoms with Crippen molar-refractivity contribution < 1.29 is 37.3 Å². The normalized spacial score (nSPS) is 27.9. The van der Waals surface area contributed by atoms with Crippen molar-refractivity contribution in [3.8, 4) is 0 Å². The zero-order valence-electron chi connectivity index (χ0n) is 33.8. The van der Waals surface area contributed by atoms with Crippen LogP contribution in [-0.2, 0) is 36.2 Å². The third-order valence-corrected chi connectivity index (χ3v) is 13.7. The van der Waals surface area contributed by atoms with Crippen LogP contribution in [0.1, 0.15) is 134 Å². The quantitative estimate of drug-likeness (QED) is 0.318. The Kier molecular flexibility index (Phi) is 14.3. The number of ether oxygens (including phenoxy) is 3. The highest BCUT2D eigenvalue weighted by atomic mass is 32.2. The lowest BCUT2D eigenvalue weighted by molar-refractivity contribution is 0.00524. The molecule has 4 aliphatic rings. The topological polar surface area (TPSA) is 147 Å². The fraction of sp³-hybridized carbons (Fsp3) is 0.946. The largest absolute Gasteiger partial charge is 0.444 e. The number of carbonyl (C=O) groups excluding carboxylic acids is 2. The second-order valence-corrected chi connectivity index (χ2v) is 23.1. The number of carbonyl (C=O) groups is 2. The summed E-state index contributed by atoms with van der Waals surface area (Å²) in [6, 6.07) is 0.164. The molecule has 2 aliphatic carbocycles. The van der Waals surface area contributed by atoms with Crippen LogP contribution < -0.4 is 9.44 Å². The molecule has 4 rings (SSSR count). The number of likely N-dealkylation sites (tertiary alicyclic amines) is 2. The molecule has 6 atom stereocenters. The van der Waals surface area contributed by atoms with Crippen LogP contribution in [0.15, 0.2) is 0 Å². The van der Waals surface area contributed by atoms with Crippen molar-refractivity contribution in [1.82, 2.24) is 19.2 Å². The van der Waals surface area contributed by atoms with Gasteiger partial charge in [0, 0.05) is 45.4 Å². The van der Waals surface area contributed by atoms with Gasteiger partial charge in [0.2, 0.25) is 0 Å². The van der Waals surface area contributed by atoms with Crippen LogP contribution in [0, 0.1) is 10.8 Å². The Bertz CT molecular complexity index is 1240. The zero-order chi connectivity index (χ0) is 38.8. The molecule has 4 fully saturated rings. The summed E-state index contributed by atoms with van der Waals surface area (Å²) in [5.74, 6) is 0. The van der Waals surface area contributed by atoms with Gasteiger partial charge in [-0.1, -0.05) is 0 Å². The van der Waals surface area contributed by atoms with E-state index < -0.39 is 33.2 Å². The van der Waals surface area contributed by atoms with Crippen LogP contribution in [0.5, 0.6) is 0 Å². The molecule has 0 bridgehead atoms. The van der Waals surface area contributed by atoms with E-state index in [4.69, 9.17) is 14.2 Å². The summed E-state index contributed by atoms with van der Waals surface area (Å²) in [7, 11) is -0.533. The number of piperidine rings is 2. The van der Waals surface area contributed by atoms with Crippen LogP contribution in [0.2, 0.25) is 0 Å². The van der Waals surface area contributed by atoms with Crippen LogP contribution in [-0.4, -0.2) is 114 Å². The Morgan fingerprint density at radius 1 is 0.647 bits per heavy atom. The lowest BCUT2D eigenvalue weighted by Crippen LogP contribution is -2.52. The van der Waals surface area contributed by atoms with Crippen molar-refractivity contribution in [1.29, 1.82) is 0 Å². The lowest BCUT2D eigenvalue weighted by atomic mass is 9.74. The van der Waals surface area contributed by atoms with Gasteiger partial charge in [-0.05, 0) is 145 Å². The van der Waals surface area contributed by atoms with Crippen LogP contribution in [0.3, 0.4) is 0 Å². The standard InChI is InChI=1S/C19H36N2O4S.C18H34N2O4S/c1-17(2,3)25-16(22)21-10-8-19(9-11-21)13-14(24-7)12-15(19)20-26(23)18(4,5)6;1-16(2,3)24-15(22)20-9-7-18(8-10-20)12-13(21)11-14(18)19-25(23)17(4,5)6/h14-15,20H,8-13H2,1-7H3;13-14,19,21H,7-12H2,1-6H3/t14-,15-,26-;13-,14-,25-/m11/s1.